The second-order valence-corrected chi connectivity index (χ2v) is 8.21. The van der Waals surface area contributed by atoms with Gasteiger partial charge in [0, 0.05) is 31.9 Å². The van der Waals surface area contributed by atoms with Crippen molar-refractivity contribution in [3.05, 3.63) is 29.0 Å². The Bertz CT molecular complexity index is 628. The Morgan fingerprint density at radius 1 is 1.41 bits per heavy atom. The largest absolute Gasteiger partial charge is 0.348 e. The van der Waals surface area contributed by atoms with Crippen molar-refractivity contribution in [2.45, 2.75) is 18.9 Å². The summed E-state index contributed by atoms with van der Waals surface area (Å²) in [7, 11) is -2.93. The molecule has 122 valence electrons. The maximum atomic E-state index is 12.1. The highest BCUT2D eigenvalue weighted by molar-refractivity contribution is 7.90. The van der Waals surface area contributed by atoms with Crippen molar-refractivity contribution in [1.29, 1.82) is 0 Å². The van der Waals surface area contributed by atoms with Crippen LogP contribution in [-0.2, 0) is 9.84 Å². The normalized spacial score (nSPS) is 17.4. The number of nitrogens with one attached hydrogen (secondary N) is 1. The summed E-state index contributed by atoms with van der Waals surface area (Å²) in [5.74, 6) is -0.0479. The first-order chi connectivity index (χ1) is 10.3. The predicted octanol–water partition coefficient (Wildman–Crippen LogP) is 0.974. The highest BCUT2D eigenvalue weighted by Gasteiger charge is 2.22. The third-order valence-corrected chi connectivity index (χ3v) is 4.78. The summed E-state index contributed by atoms with van der Waals surface area (Å²) in [6.45, 7) is 2.11. The maximum Gasteiger partial charge on any atom is 0.270 e. The summed E-state index contributed by atoms with van der Waals surface area (Å²) in [5.41, 5.74) is 0.312. The van der Waals surface area contributed by atoms with Crippen molar-refractivity contribution in [2.75, 3.05) is 31.6 Å². The van der Waals surface area contributed by atoms with Crippen LogP contribution in [0.2, 0.25) is 5.15 Å². The molecule has 0 saturated carbocycles. The van der Waals surface area contributed by atoms with E-state index >= 15 is 0 Å². The van der Waals surface area contributed by atoms with Crippen LogP contribution in [0.25, 0.3) is 0 Å². The number of halogens is 1. The van der Waals surface area contributed by atoms with Crippen molar-refractivity contribution in [3.63, 3.8) is 0 Å². The summed E-state index contributed by atoms with van der Waals surface area (Å²) in [4.78, 5) is 18.2. The number of hydrogen-bond donors (Lipinski definition) is 1. The van der Waals surface area contributed by atoms with E-state index in [2.05, 4.69) is 15.2 Å². The third-order valence-electron chi connectivity index (χ3n) is 3.65. The topological polar surface area (TPSA) is 79.4 Å². The molecule has 0 radical (unpaired) electrons. The van der Waals surface area contributed by atoms with Gasteiger partial charge in [-0.1, -0.05) is 17.7 Å². The van der Waals surface area contributed by atoms with Gasteiger partial charge >= 0.3 is 0 Å². The number of carbonyl (C=O) groups is 1. The number of piperidine rings is 1. The van der Waals surface area contributed by atoms with E-state index in [0.29, 0.717) is 17.4 Å². The molecule has 1 aromatic heterocycles. The summed E-state index contributed by atoms with van der Waals surface area (Å²) < 4.78 is 22.3. The van der Waals surface area contributed by atoms with Gasteiger partial charge in [0.1, 0.15) is 20.7 Å². The summed E-state index contributed by atoms with van der Waals surface area (Å²) in [6, 6.07) is 5.03. The Morgan fingerprint density at radius 2 is 2.09 bits per heavy atom. The molecule has 1 N–H and O–H groups in total. The fraction of sp³-hybridized carbons (Fsp3) is 0.571. The van der Waals surface area contributed by atoms with E-state index in [-0.39, 0.29) is 17.7 Å². The van der Waals surface area contributed by atoms with Crippen LogP contribution in [0.4, 0.5) is 0 Å². The van der Waals surface area contributed by atoms with Gasteiger partial charge in [-0.25, -0.2) is 13.4 Å². The molecule has 1 aliphatic heterocycles. The zero-order valence-corrected chi connectivity index (χ0v) is 14.0. The van der Waals surface area contributed by atoms with Crippen LogP contribution >= 0.6 is 11.6 Å². The standard InChI is InChI=1S/C14H20ClN3O3S/c1-22(20,21)10-9-18-7-5-11(6-8-18)16-14(19)12-3-2-4-13(15)17-12/h2-4,11H,5-10H2,1H3,(H,16,19). The van der Waals surface area contributed by atoms with E-state index in [4.69, 9.17) is 11.6 Å². The van der Waals surface area contributed by atoms with Gasteiger partial charge in [-0.15, -0.1) is 0 Å². The minimum atomic E-state index is -2.93. The van der Waals surface area contributed by atoms with E-state index in [0.717, 1.165) is 25.9 Å². The average Bonchev–Trinajstić information content (AvgIpc) is 2.46. The van der Waals surface area contributed by atoms with Crippen LogP contribution in [0, 0.1) is 0 Å². The van der Waals surface area contributed by atoms with Crippen molar-refractivity contribution < 1.29 is 13.2 Å². The first-order valence-electron chi connectivity index (χ1n) is 7.17. The van der Waals surface area contributed by atoms with E-state index < -0.39 is 9.84 Å². The molecule has 1 fully saturated rings. The molecule has 22 heavy (non-hydrogen) atoms. The number of amides is 1. The van der Waals surface area contributed by atoms with E-state index in [1.807, 2.05) is 0 Å². The van der Waals surface area contributed by atoms with Gasteiger partial charge in [-0.3, -0.25) is 4.79 Å². The number of sulfone groups is 1. The monoisotopic (exact) mass is 345 g/mol. The molecular weight excluding hydrogens is 326 g/mol. The number of aromatic nitrogens is 1. The zero-order valence-electron chi connectivity index (χ0n) is 12.5. The average molecular weight is 346 g/mol. The van der Waals surface area contributed by atoms with Crippen molar-refractivity contribution in [3.8, 4) is 0 Å². The zero-order chi connectivity index (χ0) is 16.2. The second kappa shape index (κ2) is 7.39. The van der Waals surface area contributed by atoms with Gasteiger partial charge in [0.05, 0.1) is 5.75 Å². The second-order valence-electron chi connectivity index (χ2n) is 5.56. The SMILES string of the molecule is CS(=O)(=O)CCN1CCC(NC(=O)c2cccc(Cl)n2)CC1. The van der Waals surface area contributed by atoms with Crippen molar-refractivity contribution in [2.24, 2.45) is 0 Å². The lowest BCUT2D eigenvalue weighted by Crippen LogP contribution is -2.45. The third kappa shape index (κ3) is 5.55. The van der Waals surface area contributed by atoms with Crippen LogP contribution < -0.4 is 5.32 Å². The minimum absolute atomic E-state index is 0.0859. The molecule has 2 heterocycles. The van der Waals surface area contributed by atoms with Crippen LogP contribution in [0.15, 0.2) is 18.2 Å². The maximum absolute atomic E-state index is 12.1. The lowest BCUT2D eigenvalue weighted by molar-refractivity contribution is 0.0908. The minimum Gasteiger partial charge on any atom is -0.348 e. The number of rotatable bonds is 5. The lowest BCUT2D eigenvalue weighted by Gasteiger charge is -2.32. The van der Waals surface area contributed by atoms with Gasteiger partial charge in [-0.05, 0) is 25.0 Å². The molecule has 2 rings (SSSR count). The van der Waals surface area contributed by atoms with E-state index in [1.165, 1.54) is 6.26 Å². The van der Waals surface area contributed by atoms with Crippen molar-refractivity contribution >= 4 is 27.3 Å². The molecule has 0 atom stereocenters. The van der Waals surface area contributed by atoms with Crippen LogP contribution in [-0.4, -0.2) is 61.9 Å². The van der Waals surface area contributed by atoms with Gasteiger partial charge in [-0.2, -0.15) is 0 Å². The number of carbonyl (C=O) groups excluding carboxylic acids is 1. The molecular formula is C14H20ClN3O3S. The van der Waals surface area contributed by atoms with Crippen molar-refractivity contribution in [1.82, 2.24) is 15.2 Å². The first kappa shape index (κ1) is 17.2. The highest BCUT2D eigenvalue weighted by Crippen LogP contribution is 2.12. The molecule has 0 unspecified atom stereocenters. The Hall–Kier alpha value is -1.18. The highest BCUT2D eigenvalue weighted by atomic mass is 35.5. The Labute approximate surface area is 135 Å². The van der Waals surface area contributed by atoms with Gasteiger partial charge < -0.3 is 10.2 Å². The van der Waals surface area contributed by atoms with Gasteiger partial charge in [0.15, 0.2) is 0 Å². The Balaban J connectivity index is 1.79. The number of nitrogens with zero attached hydrogens (tertiary/aromatic N) is 2. The molecule has 1 saturated heterocycles. The fourth-order valence-corrected chi connectivity index (χ4v) is 3.14. The van der Waals surface area contributed by atoms with Gasteiger partial charge in [0.2, 0.25) is 0 Å². The Kier molecular flexibility index (Phi) is 5.77. The first-order valence-corrected chi connectivity index (χ1v) is 9.61. The van der Waals surface area contributed by atoms with Crippen LogP contribution in [0.5, 0.6) is 0 Å². The smallest absolute Gasteiger partial charge is 0.270 e. The summed E-state index contributed by atoms with van der Waals surface area (Å²) in [6.07, 6.45) is 2.85. The van der Waals surface area contributed by atoms with E-state index in [9.17, 15) is 13.2 Å². The summed E-state index contributed by atoms with van der Waals surface area (Å²) in [5, 5.41) is 3.24. The van der Waals surface area contributed by atoms with E-state index in [1.54, 1.807) is 18.2 Å². The molecule has 0 aliphatic carbocycles. The summed E-state index contributed by atoms with van der Waals surface area (Å²) >= 11 is 5.78. The predicted molar refractivity (Wildman–Crippen MR) is 85.9 cm³/mol. The molecule has 1 aliphatic rings. The van der Waals surface area contributed by atoms with Crippen LogP contribution in [0.1, 0.15) is 23.3 Å². The molecule has 8 heteroatoms. The molecule has 0 bridgehead atoms. The molecule has 0 aromatic carbocycles. The Morgan fingerprint density at radius 3 is 2.68 bits per heavy atom. The number of hydrogen-bond acceptors (Lipinski definition) is 5. The fourth-order valence-electron chi connectivity index (χ4n) is 2.39. The van der Waals surface area contributed by atoms with Crippen LogP contribution in [0.3, 0.4) is 0 Å². The molecule has 1 aromatic rings. The molecule has 6 nitrogen and oxygen atoms in total. The number of pyridine rings is 1. The quantitative estimate of drug-likeness (QED) is 0.804. The molecule has 1 amide bonds. The van der Waals surface area contributed by atoms with Gasteiger partial charge in [0.25, 0.3) is 5.91 Å². The molecule has 0 spiro atoms. The lowest BCUT2D eigenvalue weighted by atomic mass is 10.0. The number of likely N-dealkylation sites (tertiary alicyclic amines) is 1.